The lowest BCUT2D eigenvalue weighted by Gasteiger charge is -2.20. The topological polar surface area (TPSA) is 364 Å². The Labute approximate surface area is 562 Å². The Morgan fingerprint density at radius 1 is 0.564 bits per heavy atom. The number of azide groups is 1. The van der Waals surface area contributed by atoms with E-state index in [1.165, 1.54) is 12.3 Å². The van der Waals surface area contributed by atoms with E-state index in [1.807, 2.05) is 18.2 Å². The van der Waals surface area contributed by atoms with Crippen molar-refractivity contribution in [1.82, 2.24) is 30.9 Å². The first-order valence-electron chi connectivity index (χ1n) is 30.7. The first kappa shape index (κ1) is 65.8. The van der Waals surface area contributed by atoms with E-state index in [0.29, 0.717) is 106 Å². The number of aromatic nitrogens is 3. The fourth-order valence-electron chi connectivity index (χ4n) is 12.9. The number of carboxylic acid groups (broad SMARTS) is 1. The number of fused-ring (bicyclic) bond motifs is 12. The van der Waals surface area contributed by atoms with Gasteiger partial charge in [-0.05, 0) is 119 Å². The molecule has 516 valence electrons. The average Bonchev–Trinajstić information content (AvgIpc) is 1.57. The minimum atomic E-state index is -4.83. The van der Waals surface area contributed by atoms with Crippen LogP contribution < -0.4 is 66.1 Å². The number of amides is 7. The molecule has 5 aromatic carbocycles. The summed E-state index contributed by atoms with van der Waals surface area (Å²) in [5.74, 6) is 1.37. The first-order chi connectivity index (χ1) is 48.3. The number of aliphatic carboxylic acids is 1. The summed E-state index contributed by atoms with van der Waals surface area (Å²) in [5, 5.41) is 28.3. The molecule has 7 amide bonds. The lowest BCUT2D eigenvalue weighted by molar-refractivity contribution is -0.140. The van der Waals surface area contributed by atoms with E-state index in [1.54, 1.807) is 67.0 Å². The summed E-state index contributed by atoms with van der Waals surface area (Å²) in [7, 11) is 0. The summed E-state index contributed by atoms with van der Waals surface area (Å²) in [5.41, 5.74) is 15.6. The number of hydrogen-bond donors (Lipinski definition) is 8. The van der Waals surface area contributed by atoms with Crippen molar-refractivity contribution >= 4 is 58.9 Å². The molecule has 9 aliphatic rings. The van der Waals surface area contributed by atoms with Gasteiger partial charge in [0, 0.05) is 82.4 Å². The van der Waals surface area contributed by atoms with Gasteiger partial charge < -0.3 is 55.2 Å². The summed E-state index contributed by atoms with van der Waals surface area (Å²) >= 11 is 0. The highest BCUT2D eigenvalue weighted by atomic mass is 19.4. The van der Waals surface area contributed by atoms with Crippen LogP contribution >= 0.6 is 0 Å². The number of nitrogen functional groups attached to an aromatic ring is 1. The van der Waals surface area contributed by atoms with E-state index < -0.39 is 58.8 Å². The molecule has 0 radical (unpaired) electrons. The highest BCUT2D eigenvalue weighted by molar-refractivity contribution is 5.93. The number of halogens is 8. The van der Waals surface area contributed by atoms with E-state index in [2.05, 4.69) is 56.9 Å². The zero-order chi connectivity index (χ0) is 70.9. The molecule has 0 spiro atoms. The Hall–Kier alpha value is -12.5. The molecule has 6 aliphatic heterocycles. The number of benzene rings is 5. The van der Waals surface area contributed by atoms with Crippen molar-refractivity contribution in [3.63, 3.8) is 0 Å². The Morgan fingerprint density at radius 3 is 1.42 bits per heavy atom. The molecule has 0 bridgehead atoms. The molecule has 9 heterocycles. The van der Waals surface area contributed by atoms with Crippen LogP contribution in [0.1, 0.15) is 74.2 Å². The number of hydrogen-bond acceptors (Lipinski definition) is 16. The second-order valence-corrected chi connectivity index (χ2v) is 24.1. The first-order valence-corrected chi connectivity index (χ1v) is 30.7. The number of pyridine rings is 3. The van der Waals surface area contributed by atoms with Crippen LogP contribution in [0.5, 0.6) is 51.7 Å². The zero-order valence-electron chi connectivity index (χ0n) is 51.5. The van der Waals surface area contributed by atoms with Gasteiger partial charge in [0.05, 0.1) is 53.4 Å². The van der Waals surface area contributed by atoms with E-state index in [-0.39, 0.29) is 96.5 Å². The van der Waals surface area contributed by atoms with Gasteiger partial charge in [0.25, 0.3) is 0 Å². The molecule has 34 heteroatoms. The number of carboxylic acids is 1. The van der Waals surface area contributed by atoms with Crippen molar-refractivity contribution in [3.8, 4) is 51.7 Å². The molecule has 3 aromatic heterocycles. The molecule has 17 rings (SSSR count). The van der Waals surface area contributed by atoms with Crippen LogP contribution in [0, 0.1) is 29.4 Å². The summed E-state index contributed by atoms with van der Waals surface area (Å²) in [4.78, 5) is 85.0. The quantitative estimate of drug-likeness (QED) is 0.0185. The number of ether oxygens (including phenoxy) is 6. The van der Waals surface area contributed by atoms with Crippen molar-refractivity contribution in [2.24, 2.45) is 22.9 Å². The van der Waals surface area contributed by atoms with Crippen molar-refractivity contribution in [1.29, 1.82) is 0 Å². The average molecular weight is 1400 g/mol. The van der Waals surface area contributed by atoms with Crippen molar-refractivity contribution in [2.75, 3.05) is 21.7 Å². The second-order valence-electron chi connectivity index (χ2n) is 24.1. The van der Waals surface area contributed by atoms with Gasteiger partial charge in [0.1, 0.15) is 111 Å². The van der Waals surface area contributed by atoms with E-state index in [0.717, 1.165) is 39.9 Å². The number of carbonyl (C=O) groups excluding carboxylic acids is 5. The largest absolute Gasteiger partial charge is 0.489 e. The third-order valence-corrected chi connectivity index (χ3v) is 17.7. The van der Waals surface area contributed by atoms with Crippen LogP contribution in [-0.2, 0) is 52.8 Å². The maximum atomic E-state index is 13.5. The fourth-order valence-corrected chi connectivity index (χ4v) is 12.9. The normalized spacial score (nSPS) is 21.5. The van der Waals surface area contributed by atoms with Gasteiger partial charge in [-0.15, -0.1) is 0 Å². The summed E-state index contributed by atoms with van der Waals surface area (Å²) in [6, 6.07) is 25.3. The SMILES string of the molecule is Nc1ccc(F)c(C(F)(F)F)c1.O=C(Cc1ccc(F)c(C(F)(F)F)c1)C[C@@H]1[C@H]2Oc3ccc(Oc4ccnc5c4CNC(=O)N5)cc3[C@@H]12.O=C1NCc2c(Oc3ccc4c(c3)[C@@H]3[C@H](O4)[C@H]3C(=O)O)ccnc2N1.[N-]=[N+]=NC(=O)[C@@H]1[C@H]2Oc3ccc(Oc4ccnc5c4CNC(=O)N5)cc3[C@H]21. The molecular formula is C67H49F8N13O13. The zero-order valence-corrected chi connectivity index (χ0v) is 51.5. The number of Topliss-reactive ketones (excluding diaryl/α,β-unsaturated/α-hetero) is 1. The van der Waals surface area contributed by atoms with Gasteiger partial charge in [0.15, 0.2) is 0 Å². The third kappa shape index (κ3) is 13.4. The lowest BCUT2D eigenvalue weighted by Crippen LogP contribution is -2.34. The third-order valence-electron chi connectivity index (χ3n) is 17.7. The molecule has 9 atom stereocenters. The molecule has 0 saturated heterocycles. The molecule has 0 unspecified atom stereocenters. The Morgan fingerprint density at radius 2 is 0.980 bits per heavy atom. The number of carbonyl (C=O) groups is 6. The van der Waals surface area contributed by atoms with Crippen molar-refractivity contribution in [2.45, 2.75) is 80.9 Å². The fraction of sp³-hybridized carbons (Fsp3) is 0.239. The minimum absolute atomic E-state index is 0.0197. The predicted molar refractivity (Wildman–Crippen MR) is 334 cm³/mol. The Balaban J connectivity index is 0.000000121. The number of rotatable bonds is 12. The number of nitrogens with zero attached hydrogens (tertiary/aromatic N) is 6. The van der Waals surface area contributed by atoms with Gasteiger partial charge in [-0.2, -0.15) is 26.3 Å². The van der Waals surface area contributed by atoms with Crippen LogP contribution in [0.3, 0.4) is 0 Å². The highest BCUT2D eigenvalue weighted by Crippen LogP contribution is 2.62. The van der Waals surface area contributed by atoms with Gasteiger partial charge in [-0.1, -0.05) is 6.07 Å². The number of anilines is 4. The van der Waals surface area contributed by atoms with Gasteiger partial charge in [0.2, 0.25) is 5.91 Å². The van der Waals surface area contributed by atoms with Gasteiger partial charge in [-0.25, -0.2) is 38.1 Å². The molecule has 8 aromatic rings. The summed E-state index contributed by atoms with van der Waals surface area (Å²) in [6.45, 7) is 0.905. The van der Waals surface area contributed by atoms with Gasteiger partial charge in [-0.3, -0.25) is 30.3 Å². The van der Waals surface area contributed by atoms with Crippen LogP contribution in [0.4, 0.5) is 72.6 Å². The van der Waals surface area contributed by atoms with E-state index >= 15 is 0 Å². The number of urea groups is 3. The van der Waals surface area contributed by atoms with Crippen molar-refractivity contribution in [3.05, 3.63) is 200 Å². The molecular weight excluding hydrogens is 1350 g/mol. The van der Waals surface area contributed by atoms with Crippen LogP contribution in [0.25, 0.3) is 10.4 Å². The number of nitrogens with one attached hydrogen (secondary N) is 6. The number of ketones is 1. The molecule has 26 nitrogen and oxygen atoms in total. The molecule has 101 heavy (non-hydrogen) atoms. The molecule has 9 N–H and O–H groups in total. The molecule has 3 saturated carbocycles. The van der Waals surface area contributed by atoms with E-state index in [4.69, 9.17) is 39.7 Å². The van der Waals surface area contributed by atoms with Gasteiger partial charge >= 0.3 is 36.4 Å². The summed E-state index contributed by atoms with van der Waals surface area (Å²) < 4.78 is 136. The number of alkyl halides is 6. The smallest absolute Gasteiger partial charge is 0.419 e. The summed E-state index contributed by atoms with van der Waals surface area (Å²) in [6.07, 6.45) is -5.65. The van der Waals surface area contributed by atoms with Crippen LogP contribution in [-0.4, -0.2) is 74.1 Å². The maximum absolute atomic E-state index is 13.5. The maximum Gasteiger partial charge on any atom is 0.419 e. The minimum Gasteiger partial charge on any atom is -0.489 e. The van der Waals surface area contributed by atoms with E-state index in [9.17, 15) is 69.0 Å². The monoisotopic (exact) mass is 1400 g/mol. The molecule has 3 aliphatic carbocycles. The second kappa shape index (κ2) is 25.7. The lowest BCUT2D eigenvalue weighted by atomic mass is 10.00. The number of nitrogens with two attached hydrogens (primary N) is 1. The Kier molecular flexibility index (Phi) is 16.8. The Bertz CT molecular complexity index is 4850. The van der Waals surface area contributed by atoms with Crippen LogP contribution in [0.15, 0.2) is 133 Å². The molecule has 3 fully saturated rings. The van der Waals surface area contributed by atoms with Crippen LogP contribution in [0.2, 0.25) is 0 Å². The van der Waals surface area contributed by atoms with Crippen molar-refractivity contribution < 1.29 is 97.4 Å². The highest BCUT2D eigenvalue weighted by Gasteiger charge is 2.64. The standard InChI is InChI=1S/C26H19F4N3O4.C17H12N6O4.C17H13N3O5.C7H5F4N/c27-19-3-1-12(8-18(19)26(28,29)30)7-13(34)9-16-22-15-10-14(2-4-20(15)37-23(16)22)36-21-5-6-31-24-17(21)11-32-25(35)33-24;18-23-22-16(24)13-12-8-5-7(1-2-10(8)27-14(12)13)26-11-3-4-19-15-9(11)6-20-17(25)21-15;21-16(22)13-12-8-5-7(1-2-10(8)25-14(12)13)24-11-3-4-18-15-9(11)6-19-17(23)20-15;8-6-2-1-4(12)3-5(6)7(9,10)11/h1-6,8,10,16,22-23H,7,9,11H2,(H2,31,32,33,35);1-5,12-14H,6H2,(H2,19,20,21,25);1-5,12-14H,6H2,(H,21,22)(H2,18,19,20,23);1-3H,12H2/t16-,22-,23+;2*12-,13-,14-;/m000./s1. The predicted octanol–water partition coefficient (Wildman–Crippen LogP) is 12.7.